The van der Waals surface area contributed by atoms with Gasteiger partial charge in [0.05, 0.1) is 16.3 Å². The van der Waals surface area contributed by atoms with Crippen molar-refractivity contribution >= 4 is 11.6 Å². The van der Waals surface area contributed by atoms with Gasteiger partial charge in [-0.2, -0.15) is 0 Å². The van der Waals surface area contributed by atoms with Crippen LogP contribution in [0.4, 0.5) is 0 Å². The van der Waals surface area contributed by atoms with Gasteiger partial charge in [0.2, 0.25) is 5.89 Å². The maximum absolute atomic E-state index is 6.23. The number of hydrogen-bond acceptors (Lipinski definition) is 4. The average Bonchev–Trinajstić information content (AvgIpc) is 3.12. The smallest absolute Gasteiger partial charge is 0.227 e. The highest BCUT2D eigenvalue weighted by Gasteiger charge is 2.25. The van der Waals surface area contributed by atoms with Crippen LogP contribution in [0.15, 0.2) is 34.9 Å². The van der Waals surface area contributed by atoms with Crippen molar-refractivity contribution in [2.45, 2.75) is 44.7 Å². The second-order valence-electron chi connectivity index (χ2n) is 7.23. The monoisotopic (exact) mass is 359 g/mol. The molecule has 5 heteroatoms. The van der Waals surface area contributed by atoms with Crippen LogP contribution in [-0.2, 0) is 6.54 Å². The fourth-order valence-corrected chi connectivity index (χ4v) is 4.32. The quantitative estimate of drug-likeness (QED) is 0.807. The summed E-state index contributed by atoms with van der Waals surface area (Å²) in [5.41, 5.74) is 1.85. The summed E-state index contributed by atoms with van der Waals surface area (Å²) in [6.45, 7) is 5.45. The van der Waals surface area contributed by atoms with E-state index in [0.29, 0.717) is 10.9 Å². The van der Waals surface area contributed by atoms with Crippen LogP contribution < -0.4 is 0 Å². The van der Waals surface area contributed by atoms with Crippen molar-refractivity contribution in [3.63, 3.8) is 0 Å². The molecule has 2 heterocycles. The van der Waals surface area contributed by atoms with Crippen LogP contribution in [0.1, 0.15) is 37.8 Å². The highest BCUT2D eigenvalue weighted by Crippen LogP contribution is 2.27. The highest BCUT2D eigenvalue weighted by molar-refractivity contribution is 6.33. The molecule has 1 aliphatic carbocycles. The van der Waals surface area contributed by atoms with Crippen molar-refractivity contribution in [1.82, 2.24) is 14.8 Å². The lowest BCUT2D eigenvalue weighted by atomic mass is 9.94. The zero-order valence-corrected chi connectivity index (χ0v) is 15.4. The van der Waals surface area contributed by atoms with Gasteiger partial charge in [-0.25, -0.2) is 4.98 Å². The van der Waals surface area contributed by atoms with Crippen LogP contribution in [-0.4, -0.2) is 47.0 Å². The third-order valence-corrected chi connectivity index (χ3v) is 5.87. The Morgan fingerprint density at radius 1 is 1.04 bits per heavy atom. The third-order valence-electron chi connectivity index (χ3n) is 5.54. The van der Waals surface area contributed by atoms with E-state index in [-0.39, 0.29) is 0 Å². The van der Waals surface area contributed by atoms with E-state index in [1.807, 2.05) is 24.3 Å². The zero-order valence-electron chi connectivity index (χ0n) is 14.7. The predicted octanol–water partition coefficient (Wildman–Crippen LogP) is 4.45. The summed E-state index contributed by atoms with van der Waals surface area (Å²) < 4.78 is 5.66. The molecule has 1 aromatic carbocycles. The zero-order chi connectivity index (χ0) is 17.1. The summed E-state index contributed by atoms with van der Waals surface area (Å²) in [7, 11) is 0. The molecule has 4 nitrogen and oxygen atoms in total. The van der Waals surface area contributed by atoms with E-state index in [9.17, 15) is 0 Å². The van der Waals surface area contributed by atoms with Gasteiger partial charge < -0.3 is 4.42 Å². The summed E-state index contributed by atoms with van der Waals surface area (Å²) in [4.78, 5) is 9.82. The van der Waals surface area contributed by atoms with E-state index >= 15 is 0 Å². The van der Waals surface area contributed by atoms with Crippen LogP contribution in [0.5, 0.6) is 0 Å². The van der Waals surface area contributed by atoms with E-state index < -0.39 is 0 Å². The standard InChI is InChI=1S/C20H26ClN3O/c21-19-9-5-4-8-18(19)20-22-16(15-25-20)14-23-10-12-24(13-11-23)17-6-2-1-3-7-17/h4-5,8-9,15,17H,1-3,6-7,10-14H2. The molecule has 134 valence electrons. The van der Waals surface area contributed by atoms with E-state index in [4.69, 9.17) is 16.0 Å². The molecular weight excluding hydrogens is 334 g/mol. The van der Waals surface area contributed by atoms with Crippen LogP contribution >= 0.6 is 11.6 Å². The molecule has 0 radical (unpaired) electrons. The van der Waals surface area contributed by atoms with Crippen LogP contribution in [0.3, 0.4) is 0 Å². The topological polar surface area (TPSA) is 32.5 Å². The first-order chi connectivity index (χ1) is 12.3. The summed E-state index contributed by atoms with van der Waals surface area (Å²) >= 11 is 6.23. The highest BCUT2D eigenvalue weighted by atomic mass is 35.5. The SMILES string of the molecule is Clc1ccccc1-c1nc(CN2CCN(C3CCCCC3)CC2)co1. The molecular formula is C20H26ClN3O. The first-order valence-corrected chi connectivity index (χ1v) is 9.83. The Balaban J connectivity index is 1.32. The lowest BCUT2D eigenvalue weighted by Crippen LogP contribution is -2.50. The van der Waals surface area contributed by atoms with E-state index in [1.54, 1.807) is 6.26 Å². The van der Waals surface area contributed by atoms with Gasteiger partial charge in [-0.3, -0.25) is 9.80 Å². The number of nitrogens with zero attached hydrogens (tertiary/aromatic N) is 3. The Morgan fingerprint density at radius 2 is 1.80 bits per heavy atom. The Hall–Kier alpha value is -1.36. The van der Waals surface area contributed by atoms with Crippen molar-refractivity contribution in [2.24, 2.45) is 0 Å². The van der Waals surface area contributed by atoms with Gasteiger partial charge in [-0.1, -0.05) is 43.0 Å². The molecule has 0 atom stereocenters. The average molecular weight is 360 g/mol. The Kier molecular flexibility index (Phi) is 5.39. The van der Waals surface area contributed by atoms with E-state index in [1.165, 1.54) is 45.2 Å². The number of aromatic nitrogens is 1. The summed E-state index contributed by atoms with van der Waals surface area (Å²) in [5, 5.41) is 0.678. The largest absolute Gasteiger partial charge is 0.444 e. The molecule has 0 N–H and O–H groups in total. The molecule has 25 heavy (non-hydrogen) atoms. The molecule has 2 aromatic rings. The van der Waals surface area contributed by atoms with Crippen molar-refractivity contribution in [1.29, 1.82) is 0 Å². The predicted molar refractivity (Wildman–Crippen MR) is 101 cm³/mol. The molecule has 2 aliphatic rings. The Bertz CT molecular complexity index is 688. The number of halogens is 1. The Labute approximate surface area is 154 Å². The van der Waals surface area contributed by atoms with Gasteiger partial charge in [0.15, 0.2) is 0 Å². The molecule has 2 fully saturated rings. The summed E-state index contributed by atoms with van der Waals surface area (Å²) in [6, 6.07) is 8.51. The summed E-state index contributed by atoms with van der Waals surface area (Å²) in [6.07, 6.45) is 8.81. The lowest BCUT2D eigenvalue weighted by molar-refractivity contribution is 0.0749. The summed E-state index contributed by atoms with van der Waals surface area (Å²) in [5.74, 6) is 0.612. The first-order valence-electron chi connectivity index (χ1n) is 9.45. The van der Waals surface area contributed by atoms with Crippen LogP contribution in [0.25, 0.3) is 11.5 Å². The van der Waals surface area contributed by atoms with Gasteiger partial charge >= 0.3 is 0 Å². The van der Waals surface area contributed by atoms with E-state index in [0.717, 1.165) is 36.9 Å². The van der Waals surface area contributed by atoms with Crippen molar-refractivity contribution in [3.8, 4) is 11.5 Å². The Morgan fingerprint density at radius 3 is 2.56 bits per heavy atom. The minimum Gasteiger partial charge on any atom is -0.444 e. The van der Waals surface area contributed by atoms with E-state index in [2.05, 4.69) is 14.8 Å². The van der Waals surface area contributed by atoms with Gasteiger partial charge in [0.1, 0.15) is 6.26 Å². The maximum atomic E-state index is 6.23. The van der Waals surface area contributed by atoms with Gasteiger partial charge in [-0.15, -0.1) is 0 Å². The van der Waals surface area contributed by atoms with Crippen LogP contribution in [0, 0.1) is 0 Å². The number of benzene rings is 1. The molecule has 0 unspecified atom stereocenters. The van der Waals surface area contributed by atoms with Gasteiger partial charge in [0.25, 0.3) is 0 Å². The first kappa shape index (κ1) is 17.1. The van der Waals surface area contributed by atoms with Gasteiger partial charge in [0, 0.05) is 38.8 Å². The minimum atomic E-state index is 0.612. The normalized spacial score (nSPS) is 20.8. The van der Waals surface area contributed by atoms with Gasteiger partial charge in [-0.05, 0) is 25.0 Å². The number of piperazine rings is 1. The fourth-order valence-electron chi connectivity index (χ4n) is 4.10. The molecule has 0 spiro atoms. The number of hydrogen-bond donors (Lipinski definition) is 0. The van der Waals surface area contributed by atoms with Crippen molar-refractivity contribution < 1.29 is 4.42 Å². The minimum absolute atomic E-state index is 0.612. The maximum Gasteiger partial charge on any atom is 0.227 e. The molecule has 0 bridgehead atoms. The molecule has 4 rings (SSSR count). The molecule has 0 amide bonds. The second kappa shape index (κ2) is 7.90. The molecule has 1 aromatic heterocycles. The van der Waals surface area contributed by atoms with Crippen molar-refractivity contribution in [3.05, 3.63) is 41.2 Å². The van der Waals surface area contributed by atoms with Crippen molar-refractivity contribution in [2.75, 3.05) is 26.2 Å². The lowest BCUT2D eigenvalue weighted by Gasteiger charge is -2.40. The molecule has 1 saturated carbocycles. The molecule has 1 saturated heterocycles. The van der Waals surface area contributed by atoms with Crippen LogP contribution in [0.2, 0.25) is 5.02 Å². The number of oxazole rings is 1. The second-order valence-corrected chi connectivity index (χ2v) is 7.63. The fraction of sp³-hybridized carbons (Fsp3) is 0.550. The molecule has 1 aliphatic heterocycles. The number of rotatable bonds is 4. The third kappa shape index (κ3) is 4.08.